The highest BCUT2D eigenvalue weighted by Gasteiger charge is 2.15. The molecule has 0 saturated heterocycles. The zero-order chi connectivity index (χ0) is 36.6. The Balaban J connectivity index is 1.09. The number of fused-ring (bicyclic) bond motifs is 4. The molecule has 10 rings (SSSR count). The van der Waals surface area contributed by atoms with E-state index in [9.17, 15) is 0 Å². The Kier molecular flexibility index (Phi) is 8.16. The molecule has 55 heavy (non-hydrogen) atoms. The van der Waals surface area contributed by atoms with E-state index in [1.165, 1.54) is 32.7 Å². The third kappa shape index (κ3) is 6.28. The molecular weight excluding hydrogens is 667 g/mol. The molecule has 0 fully saturated rings. The van der Waals surface area contributed by atoms with E-state index >= 15 is 0 Å². The van der Waals surface area contributed by atoms with Gasteiger partial charge in [-0.2, -0.15) is 0 Å². The molecule has 0 amide bonds. The predicted octanol–water partition coefficient (Wildman–Crippen LogP) is 14.6. The van der Waals surface area contributed by atoms with Crippen molar-refractivity contribution in [2.75, 3.05) is 10.6 Å². The molecule has 0 bridgehead atoms. The summed E-state index contributed by atoms with van der Waals surface area (Å²) in [5.41, 5.74) is 15.8. The molecule has 0 aliphatic heterocycles. The predicted molar refractivity (Wildman–Crippen MR) is 235 cm³/mol. The summed E-state index contributed by atoms with van der Waals surface area (Å²) in [5, 5.41) is 12.4. The molecule has 1 aromatic heterocycles. The van der Waals surface area contributed by atoms with Crippen LogP contribution in [0.1, 0.15) is 0 Å². The lowest BCUT2D eigenvalue weighted by atomic mass is 9.93. The molecule has 0 saturated carbocycles. The Morgan fingerprint density at radius 2 is 0.855 bits per heavy atom. The van der Waals surface area contributed by atoms with Gasteiger partial charge in [0.15, 0.2) is 0 Å². The number of hydrogen-bond acceptors (Lipinski definition) is 2. The standard InChI is InChI=1S/C52H37N3/c1-3-13-35(14-4-1)38-19-11-20-42(31-38)53-50-28-25-39(32-45(50)37-15-5-2-6-16-37)40-26-29-51(54-48-24-12-18-36-17-7-8-21-43(36)48)46(33-40)41-27-30-52-47(34-41)44-22-9-10-23-49(44)55-52/h1-34,53-55H. The summed E-state index contributed by atoms with van der Waals surface area (Å²) >= 11 is 0. The zero-order valence-corrected chi connectivity index (χ0v) is 30.1. The Morgan fingerprint density at radius 3 is 1.65 bits per heavy atom. The molecular formula is C52H37N3. The number of hydrogen-bond donors (Lipinski definition) is 3. The van der Waals surface area contributed by atoms with Crippen molar-refractivity contribution in [1.29, 1.82) is 0 Å². The van der Waals surface area contributed by atoms with Gasteiger partial charge in [0.2, 0.25) is 0 Å². The number of nitrogens with one attached hydrogen (secondary N) is 3. The molecule has 3 N–H and O–H groups in total. The van der Waals surface area contributed by atoms with Gasteiger partial charge in [-0.15, -0.1) is 0 Å². The first kappa shape index (κ1) is 32.3. The largest absolute Gasteiger partial charge is 0.355 e. The van der Waals surface area contributed by atoms with E-state index in [0.29, 0.717) is 0 Å². The van der Waals surface area contributed by atoms with Gasteiger partial charge in [0, 0.05) is 61.1 Å². The molecule has 0 unspecified atom stereocenters. The van der Waals surface area contributed by atoms with Crippen LogP contribution in [0.25, 0.3) is 77.1 Å². The summed E-state index contributed by atoms with van der Waals surface area (Å²) in [4.78, 5) is 3.60. The van der Waals surface area contributed by atoms with Crippen LogP contribution in [0, 0.1) is 0 Å². The highest BCUT2D eigenvalue weighted by Crippen LogP contribution is 2.41. The van der Waals surface area contributed by atoms with E-state index < -0.39 is 0 Å². The van der Waals surface area contributed by atoms with Crippen molar-refractivity contribution >= 4 is 55.3 Å². The summed E-state index contributed by atoms with van der Waals surface area (Å²) in [6.45, 7) is 0. The van der Waals surface area contributed by atoms with E-state index in [0.717, 1.165) is 67.2 Å². The molecule has 1 heterocycles. The average molecular weight is 704 g/mol. The maximum atomic E-state index is 3.84. The number of H-pyrrole nitrogens is 1. The van der Waals surface area contributed by atoms with E-state index in [1.54, 1.807) is 0 Å². The van der Waals surface area contributed by atoms with Crippen molar-refractivity contribution < 1.29 is 0 Å². The van der Waals surface area contributed by atoms with E-state index in [1.807, 2.05) is 0 Å². The smallest absolute Gasteiger partial charge is 0.0465 e. The first-order chi connectivity index (χ1) is 27.2. The fraction of sp³-hybridized carbons (Fsp3) is 0. The Labute approximate surface area is 320 Å². The van der Waals surface area contributed by atoms with Gasteiger partial charge in [-0.25, -0.2) is 0 Å². The van der Waals surface area contributed by atoms with Crippen LogP contribution in [0.3, 0.4) is 0 Å². The lowest BCUT2D eigenvalue weighted by molar-refractivity contribution is 1.51. The molecule has 0 aliphatic carbocycles. The van der Waals surface area contributed by atoms with Gasteiger partial charge in [-0.3, -0.25) is 0 Å². The molecule has 0 radical (unpaired) electrons. The molecule has 0 atom stereocenters. The number of para-hydroxylation sites is 1. The Morgan fingerprint density at radius 1 is 0.291 bits per heavy atom. The highest BCUT2D eigenvalue weighted by molar-refractivity contribution is 6.09. The summed E-state index contributed by atoms with van der Waals surface area (Å²) in [6.07, 6.45) is 0. The summed E-state index contributed by atoms with van der Waals surface area (Å²) in [7, 11) is 0. The minimum Gasteiger partial charge on any atom is -0.355 e. The molecule has 0 aliphatic rings. The molecule has 3 nitrogen and oxygen atoms in total. The van der Waals surface area contributed by atoms with Crippen LogP contribution in [0.5, 0.6) is 0 Å². The lowest BCUT2D eigenvalue weighted by Crippen LogP contribution is -1.96. The quantitative estimate of drug-likeness (QED) is 0.147. The second-order valence-electron chi connectivity index (χ2n) is 14.0. The van der Waals surface area contributed by atoms with Crippen molar-refractivity contribution in [1.82, 2.24) is 4.98 Å². The summed E-state index contributed by atoms with van der Waals surface area (Å²) < 4.78 is 0. The van der Waals surface area contributed by atoms with E-state index in [4.69, 9.17) is 0 Å². The number of anilines is 4. The molecule has 260 valence electrons. The molecule has 3 heteroatoms. The normalized spacial score (nSPS) is 11.3. The SMILES string of the molecule is c1ccc(-c2cccc(Nc3ccc(-c4ccc(Nc5cccc6ccccc56)c(-c5ccc6[nH]c7ccccc7c6c5)c4)cc3-c3ccccc3)c2)cc1. The van der Waals surface area contributed by atoms with Crippen molar-refractivity contribution in [3.8, 4) is 44.5 Å². The maximum absolute atomic E-state index is 3.84. The molecule has 10 aromatic rings. The fourth-order valence-electron chi connectivity index (χ4n) is 7.82. The zero-order valence-electron chi connectivity index (χ0n) is 30.1. The monoisotopic (exact) mass is 703 g/mol. The fourth-order valence-corrected chi connectivity index (χ4v) is 7.82. The first-order valence-corrected chi connectivity index (χ1v) is 18.8. The van der Waals surface area contributed by atoms with Gasteiger partial charge >= 0.3 is 0 Å². The minimum atomic E-state index is 1.05. The number of aromatic amines is 1. The lowest BCUT2D eigenvalue weighted by Gasteiger charge is -2.18. The van der Waals surface area contributed by atoms with Crippen LogP contribution in [-0.4, -0.2) is 4.98 Å². The van der Waals surface area contributed by atoms with E-state index in [2.05, 4.69) is 222 Å². The van der Waals surface area contributed by atoms with Crippen LogP contribution < -0.4 is 10.6 Å². The Hall–Kier alpha value is -7.36. The highest BCUT2D eigenvalue weighted by atomic mass is 14.9. The van der Waals surface area contributed by atoms with Gasteiger partial charge in [-0.1, -0.05) is 146 Å². The van der Waals surface area contributed by atoms with E-state index in [-0.39, 0.29) is 0 Å². The maximum Gasteiger partial charge on any atom is 0.0465 e. The third-order valence-electron chi connectivity index (χ3n) is 10.6. The van der Waals surface area contributed by atoms with Crippen molar-refractivity contribution in [3.05, 3.63) is 206 Å². The second kappa shape index (κ2) is 13.9. The molecule has 0 spiro atoms. The van der Waals surface area contributed by atoms with Crippen LogP contribution in [0.2, 0.25) is 0 Å². The van der Waals surface area contributed by atoms with Gasteiger partial charge in [-0.05, 0) is 99.4 Å². The number of aromatic nitrogens is 1. The van der Waals surface area contributed by atoms with Gasteiger partial charge < -0.3 is 15.6 Å². The van der Waals surface area contributed by atoms with Crippen LogP contribution >= 0.6 is 0 Å². The number of benzene rings is 9. The van der Waals surface area contributed by atoms with Crippen molar-refractivity contribution in [2.24, 2.45) is 0 Å². The minimum absolute atomic E-state index is 1.05. The Bertz CT molecular complexity index is 2970. The van der Waals surface area contributed by atoms with Gasteiger partial charge in [0.25, 0.3) is 0 Å². The van der Waals surface area contributed by atoms with Gasteiger partial charge in [0.05, 0.1) is 0 Å². The summed E-state index contributed by atoms with van der Waals surface area (Å²) in [6, 6.07) is 73.7. The van der Waals surface area contributed by atoms with Crippen molar-refractivity contribution in [3.63, 3.8) is 0 Å². The van der Waals surface area contributed by atoms with Crippen LogP contribution in [0.15, 0.2) is 206 Å². The third-order valence-corrected chi connectivity index (χ3v) is 10.6. The topological polar surface area (TPSA) is 39.8 Å². The van der Waals surface area contributed by atoms with Crippen molar-refractivity contribution in [2.45, 2.75) is 0 Å². The average Bonchev–Trinajstić information content (AvgIpc) is 3.63. The van der Waals surface area contributed by atoms with Crippen LogP contribution in [-0.2, 0) is 0 Å². The second-order valence-corrected chi connectivity index (χ2v) is 14.0. The first-order valence-electron chi connectivity index (χ1n) is 18.8. The van der Waals surface area contributed by atoms with Crippen LogP contribution in [0.4, 0.5) is 22.7 Å². The molecule has 9 aromatic carbocycles. The number of rotatable bonds is 8. The van der Waals surface area contributed by atoms with Gasteiger partial charge in [0.1, 0.15) is 0 Å². The summed E-state index contributed by atoms with van der Waals surface area (Å²) in [5.74, 6) is 0.